The van der Waals surface area contributed by atoms with Crippen molar-refractivity contribution in [2.24, 2.45) is 5.11 Å². The van der Waals surface area contributed by atoms with Crippen LogP contribution in [-0.4, -0.2) is 38.9 Å². The van der Waals surface area contributed by atoms with Gasteiger partial charge in [0.05, 0.1) is 11.7 Å². The van der Waals surface area contributed by atoms with E-state index in [9.17, 15) is 15.0 Å². The number of pyridine rings is 1. The fraction of sp³-hybridized carbons (Fsp3) is 0.400. The third kappa shape index (κ3) is 4.08. The van der Waals surface area contributed by atoms with E-state index in [4.69, 9.17) is 22.2 Å². The molecule has 0 saturated heterocycles. The van der Waals surface area contributed by atoms with E-state index in [0.717, 1.165) is 6.07 Å². The predicted molar refractivity (Wildman–Crippen MR) is 65.8 cm³/mol. The SMILES string of the molecule is [N-]=[N+]=NCCC(O)C(O)c1cnc(Cl)c(C(=O)O)c1. The van der Waals surface area contributed by atoms with Gasteiger partial charge in [-0.3, -0.25) is 0 Å². The van der Waals surface area contributed by atoms with E-state index >= 15 is 0 Å². The average molecular weight is 287 g/mol. The smallest absolute Gasteiger partial charge is 0.338 e. The molecule has 0 amide bonds. The van der Waals surface area contributed by atoms with Crippen LogP contribution in [0.4, 0.5) is 0 Å². The zero-order chi connectivity index (χ0) is 14.4. The molecule has 3 N–H and O–H groups in total. The van der Waals surface area contributed by atoms with Gasteiger partial charge < -0.3 is 15.3 Å². The van der Waals surface area contributed by atoms with Gasteiger partial charge in [-0.05, 0) is 18.0 Å². The molecule has 2 unspecified atom stereocenters. The van der Waals surface area contributed by atoms with Crippen molar-refractivity contribution in [3.05, 3.63) is 39.0 Å². The standard InChI is InChI=1S/C10H11ClN4O4/c11-9-6(10(18)19)3-5(4-13-9)8(17)7(16)1-2-14-15-12/h3-4,7-8,16-17H,1-2H2,(H,18,19). The molecule has 0 saturated carbocycles. The number of hydrogen-bond donors (Lipinski definition) is 3. The zero-order valence-electron chi connectivity index (χ0n) is 9.64. The molecule has 0 aliphatic heterocycles. The summed E-state index contributed by atoms with van der Waals surface area (Å²) < 4.78 is 0. The van der Waals surface area contributed by atoms with Gasteiger partial charge in [0.25, 0.3) is 0 Å². The Bertz CT molecular complexity index is 518. The van der Waals surface area contributed by atoms with Crippen LogP contribution in [0.25, 0.3) is 10.4 Å². The van der Waals surface area contributed by atoms with Crippen LogP contribution in [0.1, 0.15) is 28.4 Å². The van der Waals surface area contributed by atoms with Crippen LogP contribution in [0.2, 0.25) is 5.15 Å². The summed E-state index contributed by atoms with van der Waals surface area (Å²) in [5.41, 5.74) is 7.94. The summed E-state index contributed by atoms with van der Waals surface area (Å²) >= 11 is 5.59. The van der Waals surface area contributed by atoms with Crippen molar-refractivity contribution >= 4 is 17.6 Å². The summed E-state index contributed by atoms with van der Waals surface area (Å²) in [4.78, 5) is 17.0. The van der Waals surface area contributed by atoms with Crippen molar-refractivity contribution in [1.82, 2.24) is 4.98 Å². The lowest BCUT2D eigenvalue weighted by Crippen LogP contribution is -2.20. The van der Waals surface area contributed by atoms with Gasteiger partial charge in [0.15, 0.2) is 0 Å². The second-order valence-electron chi connectivity index (χ2n) is 3.67. The number of nitrogens with zero attached hydrogens (tertiary/aromatic N) is 4. The summed E-state index contributed by atoms with van der Waals surface area (Å²) in [5.74, 6) is -1.28. The van der Waals surface area contributed by atoms with Gasteiger partial charge >= 0.3 is 5.97 Å². The lowest BCUT2D eigenvalue weighted by molar-refractivity contribution is 0.0147. The third-order valence-electron chi connectivity index (χ3n) is 2.38. The van der Waals surface area contributed by atoms with E-state index in [0.29, 0.717) is 0 Å². The highest BCUT2D eigenvalue weighted by Gasteiger charge is 2.21. The van der Waals surface area contributed by atoms with Crippen molar-refractivity contribution < 1.29 is 20.1 Å². The first kappa shape index (κ1) is 15.2. The fourth-order valence-electron chi connectivity index (χ4n) is 1.39. The topological polar surface area (TPSA) is 139 Å². The monoisotopic (exact) mass is 286 g/mol. The molecule has 0 radical (unpaired) electrons. The van der Waals surface area contributed by atoms with Crippen LogP contribution in [0.3, 0.4) is 0 Å². The highest BCUT2D eigenvalue weighted by atomic mass is 35.5. The van der Waals surface area contributed by atoms with Crippen LogP contribution in [0.15, 0.2) is 17.4 Å². The Morgan fingerprint density at radius 2 is 2.26 bits per heavy atom. The Hall–Kier alpha value is -1.86. The molecule has 9 heteroatoms. The number of aliphatic hydroxyl groups is 2. The molecular weight excluding hydrogens is 276 g/mol. The third-order valence-corrected chi connectivity index (χ3v) is 2.69. The summed E-state index contributed by atoms with van der Waals surface area (Å²) in [7, 11) is 0. The number of halogens is 1. The number of azide groups is 1. The van der Waals surface area contributed by atoms with Crippen LogP contribution in [-0.2, 0) is 0 Å². The largest absolute Gasteiger partial charge is 0.478 e. The number of carbonyl (C=O) groups is 1. The van der Waals surface area contributed by atoms with Crippen molar-refractivity contribution in [1.29, 1.82) is 0 Å². The van der Waals surface area contributed by atoms with Crippen LogP contribution >= 0.6 is 11.6 Å². The van der Waals surface area contributed by atoms with Crippen molar-refractivity contribution in [3.63, 3.8) is 0 Å². The lowest BCUT2D eigenvalue weighted by Gasteiger charge is -2.17. The molecule has 1 aromatic rings. The average Bonchev–Trinajstić information content (AvgIpc) is 2.38. The number of aromatic carboxylic acids is 1. The Morgan fingerprint density at radius 3 is 2.84 bits per heavy atom. The summed E-state index contributed by atoms with van der Waals surface area (Å²) in [6.07, 6.45) is -1.32. The summed E-state index contributed by atoms with van der Waals surface area (Å²) in [6.45, 7) is 0.0154. The molecule has 0 fully saturated rings. The van der Waals surface area contributed by atoms with Gasteiger partial charge in [0.1, 0.15) is 11.3 Å². The summed E-state index contributed by atoms with van der Waals surface area (Å²) in [6, 6.07) is 1.14. The number of carboxylic acid groups (broad SMARTS) is 1. The molecule has 0 spiro atoms. The zero-order valence-corrected chi connectivity index (χ0v) is 10.4. The molecule has 0 aromatic carbocycles. The van der Waals surface area contributed by atoms with E-state index in [1.54, 1.807) is 0 Å². The van der Waals surface area contributed by atoms with Crippen molar-refractivity contribution in [2.45, 2.75) is 18.6 Å². The van der Waals surface area contributed by atoms with Crippen LogP contribution < -0.4 is 0 Å². The molecule has 2 atom stereocenters. The van der Waals surface area contributed by atoms with E-state index in [1.165, 1.54) is 6.20 Å². The van der Waals surface area contributed by atoms with Gasteiger partial charge in [0.2, 0.25) is 0 Å². The second-order valence-corrected chi connectivity index (χ2v) is 4.03. The van der Waals surface area contributed by atoms with Crippen LogP contribution in [0.5, 0.6) is 0 Å². The second kappa shape index (κ2) is 6.91. The number of rotatable bonds is 6. The van der Waals surface area contributed by atoms with E-state index < -0.39 is 18.2 Å². The van der Waals surface area contributed by atoms with Gasteiger partial charge in [-0.15, -0.1) is 0 Å². The Kier molecular flexibility index (Phi) is 5.53. The first-order valence-electron chi connectivity index (χ1n) is 5.23. The number of aromatic nitrogens is 1. The number of carboxylic acids is 1. The Labute approximate surface area is 112 Å². The molecule has 0 aliphatic rings. The first-order chi connectivity index (χ1) is 8.97. The fourth-order valence-corrected chi connectivity index (χ4v) is 1.57. The summed E-state index contributed by atoms with van der Waals surface area (Å²) in [5, 5.41) is 31.4. The van der Waals surface area contributed by atoms with E-state index in [2.05, 4.69) is 15.0 Å². The van der Waals surface area contributed by atoms with Gasteiger partial charge in [-0.1, -0.05) is 16.7 Å². The molecule has 102 valence electrons. The lowest BCUT2D eigenvalue weighted by atomic mass is 10.0. The number of aliphatic hydroxyl groups excluding tert-OH is 2. The number of hydrogen-bond acceptors (Lipinski definition) is 5. The highest BCUT2D eigenvalue weighted by Crippen LogP contribution is 2.22. The van der Waals surface area contributed by atoms with E-state index in [1.807, 2.05) is 0 Å². The quantitative estimate of drug-likeness (QED) is 0.315. The molecule has 0 bridgehead atoms. The molecular formula is C10H11ClN4O4. The van der Waals surface area contributed by atoms with Gasteiger partial charge in [-0.2, -0.15) is 0 Å². The van der Waals surface area contributed by atoms with Crippen LogP contribution in [0, 0.1) is 0 Å². The van der Waals surface area contributed by atoms with Crippen molar-refractivity contribution in [2.75, 3.05) is 6.54 Å². The molecule has 1 heterocycles. The first-order valence-corrected chi connectivity index (χ1v) is 5.61. The predicted octanol–water partition coefficient (Wildman–Crippen LogP) is 1.53. The molecule has 8 nitrogen and oxygen atoms in total. The minimum Gasteiger partial charge on any atom is -0.478 e. The molecule has 1 aromatic heterocycles. The minimum atomic E-state index is -1.34. The van der Waals surface area contributed by atoms with E-state index in [-0.39, 0.29) is 29.2 Å². The van der Waals surface area contributed by atoms with Gasteiger partial charge in [-0.25, -0.2) is 9.78 Å². The maximum atomic E-state index is 10.9. The normalized spacial score (nSPS) is 13.4. The maximum absolute atomic E-state index is 10.9. The minimum absolute atomic E-state index is 0.0154. The Balaban J connectivity index is 2.87. The molecule has 19 heavy (non-hydrogen) atoms. The maximum Gasteiger partial charge on any atom is 0.338 e. The molecule has 1 rings (SSSR count). The molecule has 0 aliphatic carbocycles. The Morgan fingerprint density at radius 1 is 1.58 bits per heavy atom. The highest BCUT2D eigenvalue weighted by molar-refractivity contribution is 6.32. The van der Waals surface area contributed by atoms with Gasteiger partial charge in [0, 0.05) is 23.2 Å². The van der Waals surface area contributed by atoms with Crippen molar-refractivity contribution in [3.8, 4) is 0 Å².